The van der Waals surface area contributed by atoms with Gasteiger partial charge in [0.15, 0.2) is 0 Å². The number of rotatable bonds is 3. The molecule has 0 saturated carbocycles. The first kappa shape index (κ1) is 13.5. The second-order valence-corrected chi connectivity index (χ2v) is 5.22. The van der Waals surface area contributed by atoms with Crippen molar-refractivity contribution in [3.63, 3.8) is 0 Å². The highest BCUT2D eigenvalue weighted by Crippen LogP contribution is 2.21. The average Bonchev–Trinajstić information content (AvgIpc) is 2.37. The lowest BCUT2D eigenvalue weighted by Crippen LogP contribution is -1.95. The third-order valence-electron chi connectivity index (χ3n) is 3.40. The normalized spacial score (nSPS) is 12.8. The van der Waals surface area contributed by atoms with Crippen molar-refractivity contribution in [3.05, 3.63) is 70.3 Å². The van der Waals surface area contributed by atoms with E-state index in [4.69, 9.17) is 0 Å². The van der Waals surface area contributed by atoms with E-state index in [2.05, 4.69) is 75.2 Å². The van der Waals surface area contributed by atoms with Gasteiger partial charge in [-0.15, -0.1) is 0 Å². The van der Waals surface area contributed by atoms with E-state index >= 15 is 0 Å². The first-order chi connectivity index (χ1) is 9.06. The maximum Gasteiger partial charge on any atom is 0.0723 e. The second kappa shape index (κ2) is 5.83. The Morgan fingerprint density at radius 3 is 2.16 bits per heavy atom. The van der Waals surface area contributed by atoms with E-state index in [9.17, 15) is 0 Å². The van der Waals surface area contributed by atoms with E-state index in [0.717, 1.165) is 5.56 Å². The molecule has 1 atom stereocenters. The molecular weight excluding hydrogens is 230 g/mol. The molecule has 0 heterocycles. The largest absolute Gasteiger partial charge is 0.285 e. The summed E-state index contributed by atoms with van der Waals surface area (Å²) in [5, 5.41) is 0. The number of hydrogen-bond acceptors (Lipinski definition) is 1. The smallest absolute Gasteiger partial charge is 0.0723 e. The van der Waals surface area contributed by atoms with Crippen LogP contribution in [0.15, 0.2) is 47.5 Å². The maximum absolute atomic E-state index is 4.66. The summed E-state index contributed by atoms with van der Waals surface area (Å²) in [6, 6.07) is 15.2. The Hall–Kier alpha value is -1.89. The summed E-state index contributed by atoms with van der Waals surface area (Å²) in [5.41, 5.74) is 6.35. The topological polar surface area (TPSA) is 12.4 Å². The molecule has 0 aliphatic heterocycles. The molecule has 0 N–H and O–H groups in total. The Morgan fingerprint density at radius 1 is 0.895 bits per heavy atom. The lowest BCUT2D eigenvalue weighted by Gasteiger charge is -2.11. The van der Waals surface area contributed by atoms with Crippen LogP contribution in [-0.2, 0) is 0 Å². The van der Waals surface area contributed by atoms with Crippen LogP contribution in [0.25, 0.3) is 0 Å². The van der Waals surface area contributed by atoms with Gasteiger partial charge >= 0.3 is 0 Å². The highest BCUT2D eigenvalue weighted by Gasteiger charge is 2.05. The van der Waals surface area contributed by atoms with Gasteiger partial charge in [0.05, 0.1) is 6.04 Å². The minimum absolute atomic E-state index is 0.196. The van der Waals surface area contributed by atoms with Gasteiger partial charge in [0.25, 0.3) is 0 Å². The summed E-state index contributed by atoms with van der Waals surface area (Å²) in [4.78, 5) is 4.66. The summed E-state index contributed by atoms with van der Waals surface area (Å²) >= 11 is 0. The molecule has 1 unspecified atom stereocenters. The van der Waals surface area contributed by atoms with E-state index in [1.54, 1.807) is 0 Å². The van der Waals surface area contributed by atoms with Gasteiger partial charge in [0, 0.05) is 6.21 Å². The molecule has 2 rings (SSSR count). The molecule has 0 radical (unpaired) electrons. The van der Waals surface area contributed by atoms with Crippen LogP contribution in [0.5, 0.6) is 0 Å². The van der Waals surface area contributed by atoms with E-state index in [-0.39, 0.29) is 6.04 Å². The van der Waals surface area contributed by atoms with Crippen molar-refractivity contribution in [1.82, 2.24) is 0 Å². The van der Waals surface area contributed by atoms with Gasteiger partial charge in [-0.3, -0.25) is 4.99 Å². The van der Waals surface area contributed by atoms with Crippen LogP contribution in [-0.4, -0.2) is 6.21 Å². The molecule has 1 heteroatoms. The van der Waals surface area contributed by atoms with Crippen LogP contribution in [0.1, 0.15) is 40.8 Å². The summed E-state index contributed by atoms with van der Waals surface area (Å²) < 4.78 is 0. The van der Waals surface area contributed by atoms with E-state index in [1.165, 1.54) is 22.3 Å². The minimum Gasteiger partial charge on any atom is -0.285 e. The highest BCUT2D eigenvalue weighted by atomic mass is 14.8. The monoisotopic (exact) mass is 251 g/mol. The SMILES string of the molecule is Cc1ccc(C=NC(C)c2ccc(C)cc2C)cc1. The molecule has 0 bridgehead atoms. The van der Waals surface area contributed by atoms with Gasteiger partial charge in [-0.05, 0) is 44.4 Å². The first-order valence-electron chi connectivity index (χ1n) is 6.73. The van der Waals surface area contributed by atoms with Crippen molar-refractivity contribution in [3.8, 4) is 0 Å². The first-order valence-corrected chi connectivity index (χ1v) is 6.73. The maximum atomic E-state index is 4.66. The summed E-state index contributed by atoms with van der Waals surface area (Å²) in [7, 11) is 0. The van der Waals surface area contributed by atoms with Crippen LogP contribution in [0.2, 0.25) is 0 Å². The molecule has 1 nitrogen and oxygen atoms in total. The Bertz CT molecular complexity index is 579. The van der Waals surface area contributed by atoms with Crippen molar-refractivity contribution in [2.45, 2.75) is 33.7 Å². The quantitative estimate of drug-likeness (QED) is 0.695. The fraction of sp³-hybridized carbons (Fsp3) is 0.278. The molecule has 0 aliphatic carbocycles. The van der Waals surface area contributed by atoms with Crippen molar-refractivity contribution in [2.75, 3.05) is 0 Å². The van der Waals surface area contributed by atoms with Crippen LogP contribution in [0.3, 0.4) is 0 Å². The van der Waals surface area contributed by atoms with Crippen molar-refractivity contribution in [2.24, 2.45) is 4.99 Å². The molecule has 0 aliphatic rings. The Labute approximate surface area is 116 Å². The number of hydrogen-bond donors (Lipinski definition) is 0. The number of aryl methyl sites for hydroxylation is 3. The zero-order valence-corrected chi connectivity index (χ0v) is 12.1. The molecule has 0 saturated heterocycles. The van der Waals surface area contributed by atoms with Crippen molar-refractivity contribution >= 4 is 6.21 Å². The van der Waals surface area contributed by atoms with Crippen molar-refractivity contribution < 1.29 is 0 Å². The fourth-order valence-corrected chi connectivity index (χ4v) is 2.23. The van der Waals surface area contributed by atoms with Gasteiger partial charge in [0.1, 0.15) is 0 Å². The number of aliphatic imine (C=N–C) groups is 1. The number of benzene rings is 2. The summed E-state index contributed by atoms with van der Waals surface area (Å²) in [6.07, 6.45) is 1.96. The van der Waals surface area contributed by atoms with Gasteiger partial charge in [-0.1, -0.05) is 53.6 Å². The van der Waals surface area contributed by atoms with Crippen LogP contribution in [0, 0.1) is 20.8 Å². The lowest BCUT2D eigenvalue weighted by atomic mass is 10.0. The molecule has 0 amide bonds. The van der Waals surface area contributed by atoms with E-state index < -0.39 is 0 Å². The molecule has 2 aromatic carbocycles. The molecule has 0 spiro atoms. The Balaban J connectivity index is 2.16. The van der Waals surface area contributed by atoms with Crippen molar-refractivity contribution in [1.29, 1.82) is 0 Å². The molecule has 19 heavy (non-hydrogen) atoms. The van der Waals surface area contributed by atoms with Gasteiger partial charge in [0.2, 0.25) is 0 Å². The van der Waals surface area contributed by atoms with Crippen LogP contribution >= 0.6 is 0 Å². The van der Waals surface area contributed by atoms with Gasteiger partial charge in [-0.25, -0.2) is 0 Å². The zero-order chi connectivity index (χ0) is 13.8. The third-order valence-corrected chi connectivity index (χ3v) is 3.40. The van der Waals surface area contributed by atoms with Crippen LogP contribution < -0.4 is 0 Å². The molecular formula is C18H21N. The predicted molar refractivity (Wildman–Crippen MR) is 83.1 cm³/mol. The second-order valence-electron chi connectivity index (χ2n) is 5.22. The Morgan fingerprint density at radius 2 is 1.53 bits per heavy atom. The average molecular weight is 251 g/mol. The van der Waals surface area contributed by atoms with Gasteiger partial charge < -0.3 is 0 Å². The molecule has 2 aromatic rings. The zero-order valence-electron chi connectivity index (χ0n) is 12.1. The van der Waals surface area contributed by atoms with E-state index in [1.807, 2.05) is 6.21 Å². The van der Waals surface area contributed by atoms with Crippen LogP contribution in [0.4, 0.5) is 0 Å². The third kappa shape index (κ3) is 3.54. The summed E-state index contributed by atoms with van der Waals surface area (Å²) in [6.45, 7) is 8.51. The Kier molecular flexibility index (Phi) is 4.16. The van der Waals surface area contributed by atoms with Gasteiger partial charge in [-0.2, -0.15) is 0 Å². The lowest BCUT2D eigenvalue weighted by molar-refractivity contribution is 0.816. The highest BCUT2D eigenvalue weighted by molar-refractivity contribution is 5.79. The predicted octanol–water partition coefficient (Wildman–Crippen LogP) is 4.79. The molecule has 0 aromatic heterocycles. The standard InChI is InChI=1S/C18H21N/c1-13-5-8-17(9-6-13)12-19-16(4)18-10-7-14(2)11-15(18)3/h5-12,16H,1-4H3. The molecule has 0 fully saturated rings. The minimum atomic E-state index is 0.196. The fourth-order valence-electron chi connectivity index (χ4n) is 2.23. The molecule has 98 valence electrons. The van der Waals surface area contributed by atoms with E-state index in [0.29, 0.717) is 0 Å². The summed E-state index contributed by atoms with van der Waals surface area (Å²) in [5.74, 6) is 0. The number of nitrogens with zero attached hydrogens (tertiary/aromatic N) is 1.